The first kappa shape index (κ1) is 11.9. The number of hydrogen-bond acceptors (Lipinski definition) is 1. The van der Waals surface area contributed by atoms with Crippen molar-refractivity contribution < 1.29 is 0 Å². The second kappa shape index (κ2) is 7.59. The van der Waals surface area contributed by atoms with E-state index >= 15 is 0 Å². The first-order valence-electron chi connectivity index (χ1n) is 3.99. The van der Waals surface area contributed by atoms with Gasteiger partial charge < -0.3 is 0 Å². The van der Waals surface area contributed by atoms with Crippen LogP contribution < -0.4 is 0 Å². The molecule has 0 aromatic heterocycles. The Morgan fingerprint density at radius 1 is 1.00 bits per heavy atom. The van der Waals surface area contributed by atoms with Gasteiger partial charge in [0.05, 0.1) is 11.5 Å². The molecule has 0 heterocycles. The molecule has 0 aliphatic carbocycles. The molecule has 0 aliphatic rings. The minimum atomic E-state index is 0.817. The van der Waals surface area contributed by atoms with Gasteiger partial charge in [-0.3, -0.25) is 0 Å². The van der Waals surface area contributed by atoms with Gasteiger partial charge in [0.25, 0.3) is 0 Å². The highest BCUT2D eigenvalue weighted by Gasteiger charge is 1.79. The lowest BCUT2D eigenvalue weighted by atomic mass is 10.4. The van der Waals surface area contributed by atoms with Crippen molar-refractivity contribution >= 4 is 11.8 Å². The maximum Gasteiger partial charge on any atom is 0.0560 e. The minimum absolute atomic E-state index is 0.817. The molecule has 0 atom stereocenters. The smallest absolute Gasteiger partial charge is 0.0560 e. The highest BCUT2D eigenvalue weighted by molar-refractivity contribution is 7.99. The zero-order valence-corrected chi connectivity index (χ0v) is 9.05. The van der Waals surface area contributed by atoms with Gasteiger partial charge in [-0.05, 0) is 25.0 Å². The third kappa shape index (κ3) is 10.9. The topological polar surface area (TPSA) is 0 Å². The van der Waals surface area contributed by atoms with Crippen LogP contribution in [-0.4, -0.2) is 11.5 Å². The van der Waals surface area contributed by atoms with Crippen LogP contribution in [0.2, 0.25) is 0 Å². The zero-order valence-electron chi connectivity index (χ0n) is 8.24. The van der Waals surface area contributed by atoms with E-state index in [4.69, 9.17) is 0 Å². The molecule has 0 aromatic rings. The molecule has 13 heavy (non-hydrogen) atoms. The molecule has 0 unspecified atom stereocenters. The molecule has 0 amide bonds. The fraction of sp³-hybridized carbons (Fsp3) is 0.333. The molecule has 68 valence electrons. The minimum Gasteiger partial charge on any atom is -0.136 e. The monoisotopic (exact) mass is 190 g/mol. The van der Waals surface area contributed by atoms with Gasteiger partial charge in [-0.1, -0.05) is 36.8 Å². The SMILES string of the molecule is C=C(C)C#CCSCC#CC(=C)C. The summed E-state index contributed by atoms with van der Waals surface area (Å²) < 4.78 is 0. The first-order valence-corrected chi connectivity index (χ1v) is 5.15. The van der Waals surface area contributed by atoms with Gasteiger partial charge in [-0.25, -0.2) is 0 Å². The second-order valence-corrected chi connectivity index (χ2v) is 3.64. The van der Waals surface area contributed by atoms with Gasteiger partial charge in [0.15, 0.2) is 0 Å². The molecule has 0 rings (SSSR count). The lowest BCUT2D eigenvalue weighted by Gasteiger charge is -1.85. The van der Waals surface area contributed by atoms with E-state index in [1.54, 1.807) is 11.8 Å². The summed E-state index contributed by atoms with van der Waals surface area (Å²) in [5, 5.41) is 0. The van der Waals surface area contributed by atoms with Crippen molar-refractivity contribution in [1.82, 2.24) is 0 Å². The van der Waals surface area contributed by atoms with Crippen LogP contribution in [-0.2, 0) is 0 Å². The van der Waals surface area contributed by atoms with Crippen LogP contribution in [0.15, 0.2) is 24.3 Å². The summed E-state index contributed by atoms with van der Waals surface area (Å²) in [7, 11) is 0. The average Bonchev–Trinajstić information content (AvgIpc) is 2.01. The third-order valence-electron chi connectivity index (χ3n) is 0.952. The van der Waals surface area contributed by atoms with E-state index in [1.165, 1.54) is 0 Å². The molecule has 0 aliphatic heterocycles. The van der Waals surface area contributed by atoms with Crippen molar-refractivity contribution in [3.63, 3.8) is 0 Å². The zero-order chi connectivity index (χ0) is 10.1. The van der Waals surface area contributed by atoms with Gasteiger partial charge in [-0.2, -0.15) is 0 Å². The standard InChI is InChI=1S/C12H14S/c1-11(2)7-5-9-13-10-6-8-12(3)4/h1,3,9-10H2,2,4H3. The maximum atomic E-state index is 3.69. The van der Waals surface area contributed by atoms with Crippen LogP contribution in [0, 0.1) is 23.7 Å². The quantitative estimate of drug-likeness (QED) is 0.476. The second-order valence-electron chi connectivity index (χ2n) is 2.66. The molecule has 0 saturated heterocycles. The predicted molar refractivity (Wildman–Crippen MR) is 62.5 cm³/mol. The number of rotatable bonds is 2. The Kier molecular flexibility index (Phi) is 6.98. The van der Waals surface area contributed by atoms with Crippen LogP contribution in [0.4, 0.5) is 0 Å². The van der Waals surface area contributed by atoms with Crippen molar-refractivity contribution in [1.29, 1.82) is 0 Å². The Balaban J connectivity index is 3.51. The maximum absolute atomic E-state index is 3.69. The molecule has 0 fully saturated rings. The van der Waals surface area contributed by atoms with Crippen molar-refractivity contribution in [2.45, 2.75) is 13.8 Å². The van der Waals surface area contributed by atoms with Crippen LogP contribution in [0.3, 0.4) is 0 Å². The summed E-state index contributed by atoms with van der Waals surface area (Å²) in [5.74, 6) is 13.5. The summed E-state index contributed by atoms with van der Waals surface area (Å²) in [5.41, 5.74) is 1.82. The van der Waals surface area contributed by atoms with E-state index in [1.807, 2.05) is 13.8 Å². The normalized spacial score (nSPS) is 7.54. The van der Waals surface area contributed by atoms with Crippen molar-refractivity contribution in [2.24, 2.45) is 0 Å². The average molecular weight is 190 g/mol. The molecule has 1 heteroatoms. The van der Waals surface area contributed by atoms with Gasteiger partial charge >= 0.3 is 0 Å². The molecule has 0 spiro atoms. The molecule has 0 N–H and O–H groups in total. The molecule has 0 nitrogen and oxygen atoms in total. The van der Waals surface area contributed by atoms with E-state index in [9.17, 15) is 0 Å². The fourth-order valence-corrected chi connectivity index (χ4v) is 0.978. The van der Waals surface area contributed by atoms with Gasteiger partial charge in [0.1, 0.15) is 0 Å². The summed E-state index contributed by atoms with van der Waals surface area (Å²) in [4.78, 5) is 0. The van der Waals surface area contributed by atoms with Crippen LogP contribution in [0.5, 0.6) is 0 Å². The summed E-state index contributed by atoms with van der Waals surface area (Å²) in [6.45, 7) is 11.2. The van der Waals surface area contributed by atoms with E-state index in [0.717, 1.165) is 22.7 Å². The van der Waals surface area contributed by atoms with Crippen molar-refractivity contribution in [2.75, 3.05) is 11.5 Å². The Morgan fingerprint density at radius 3 is 1.69 bits per heavy atom. The van der Waals surface area contributed by atoms with Crippen molar-refractivity contribution in [3.05, 3.63) is 24.3 Å². The van der Waals surface area contributed by atoms with Crippen LogP contribution in [0.1, 0.15) is 13.8 Å². The van der Waals surface area contributed by atoms with Gasteiger partial charge in [0, 0.05) is 0 Å². The molecular formula is C12H14S. The third-order valence-corrected chi connectivity index (χ3v) is 1.65. The van der Waals surface area contributed by atoms with E-state index in [2.05, 4.69) is 36.8 Å². The number of allylic oxidation sites excluding steroid dienone is 2. The molecular weight excluding hydrogens is 176 g/mol. The number of hydrogen-bond donors (Lipinski definition) is 0. The Labute approximate surface area is 85.5 Å². The van der Waals surface area contributed by atoms with Crippen molar-refractivity contribution in [3.8, 4) is 23.7 Å². The molecule has 0 bridgehead atoms. The first-order chi connectivity index (χ1) is 6.13. The molecule has 0 radical (unpaired) electrons. The lowest BCUT2D eigenvalue weighted by Crippen LogP contribution is -1.76. The Bertz CT molecular complexity index is 269. The highest BCUT2D eigenvalue weighted by atomic mass is 32.2. The Morgan fingerprint density at radius 2 is 1.38 bits per heavy atom. The van der Waals surface area contributed by atoms with Gasteiger partial charge in [0.2, 0.25) is 0 Å². The lowest BCUT2D eigenvalue weighted by molar-refractivity contribution is 1.61. The van der Waals surface area contributed by atoms with Crippen LogP contribution >= 0.6 is 11.8 Å². The summed E-state index contributed by atoms with van der Waals surface area (Å²) >= 11 is 1.71. The summed E-state index contributed by atoms with van der Waals surface area (Å²) in [6.07, 6.45) is 0. The number of thioether (sulfide) groups is 1. The largest absolute Gasteiger partial charge is 0.136 e. The Hall–Kier alpha value is -1.05. The predicted octanol–water partition coefficient (Wildman–Crippen LogP) is 2.88. The van der Waals surface area contributed by atoms with Crippen LogP contribution in [0.25, 0.3) is 0 Å². The van der Waals surface area contributed by atoms with E-state index in [-0.39, 0.29) is 0 Å². The fourth-order valence-electron chi connectivity index (χ4n) is 0.527. The van der Waals surface area contributed by atoms with E-state index in [0.29, 0.717) is 0 Å². The molecule has 0 saturated carbocycles. The highest BCUT2D eigenvalue weighted by Crippen LogP contribution is 1.96. The van der Waals surface area contributed by atoms with E-state index < -0.39 is 0 Å². The summed E-state index contributed by atoms with van der Waals surface area (Å²) in [6, 6.07) is 0. The molecule has 0 aromatic carbocycles. The van der Waals surface area contributed by atoms with Gasteiger partial charge in [-0.15, -0.1) is 11.8 Å².